The molecule has 2 atom stereocenters. The first-order valence-electron chi connectivity index (χ1n) is 5.82. The quantitative estimate of drug-likeness (QED) is 0.748. The van der Waals surface area contributed by atoms with Gasteiger partial charge in [-0.2, -0.15) is 4.31 Å². The Bertz CT molecular complexity index is 541. The van der Waals surface area contributed by atoms with Crippen LogP contribution >= 0.6 is 38.9 Å². The summed E-state index contributed by atoms with van der Waals surface area (Å²) in [6.07, 6.45) is -0.224. The lowest BCUT2D eigenvalue weighted by Gasteiger charge is -2.34. The van der Waals surface area contributed by atoms with E-state index in [0.717, 1.165) is 16.9 Å². The molecule has 2 unspecified atom stereocenters. The summed E-state index contributed by atoms with van der Waals surface area (Å²) < 4.78 is 33.1. The first-order valence-corrected chi connectivity index (χ1v) is 9.57. The predicted molar refractivity (Wildman–Crippen MR) is 81.0 cm³/mol. The summed E-state index contributed by atoms with van der Waals surface area (Å²) in [7, 11) is -3.47. The van der Waals surface area contributed by atoms with Crippen LogP contribution in [0.15, 0.2) is 10.3 Å². The zero-order valence-electron chi connectivity index (χ0n) is 10.6. The largest absolute Gasteiger partial charge is 0.372 e. The van der Waals surface area contributed by atoms with Crippen LogP contribution in [0.1, 0.15) is 12.5 Å². The van der Waals surface area contributed by atoms with Crippen molar-refractivity contribution in [3.63, 3.8) is 0 Å². The molecule has 4 nitrogen and oxygen atoms in total. The minimum absolute atomic E-state index is 0.109. The highest BCUT2D eigenvalue weighted by molar-refractivity contribution is 9.09. The third-order valence-electron chi connectivity index (χ3n) is 2.89. The van der Waals surface area contributed by atoms with Crippen molar-refractivity contribution in [3.8, 4) is 0 Å². The molecule has 1 aliphatic heterocycles. The highest BCUT2D eigenvalue weighted by atomic mass is 79.9. The number of sulfonamides is 1. The molecular weight excluding hydrogens is 374 g/mol. The molecule has 0 aliphatic carbocycles. The van der Waals surface area contributed by atoms with Gasteiger partial charge in [0.1, 0.15) is 4.21 Å². The lowest BCUT2D eigenvalue weighted by molar-refractivity contribution is -0.0410. The van der Waals surface area contributed by atoms with Gasteiger partial charge >= 0.3 is 0 Å². The molecule has 0 radical (unpaired) electrons. The van der Waals surface area contributed by atoms with E-state index < -0.39 is 10.0 Å². The molecule has 0 spiro atoms. The van der Waals surface area contributed by atoms with Crippen molar-refractivity contribution in [1.29, 1.82) is 0 Å². The second-order valence-electron chi connectivity index (χ2n) is 4.57. The Morgan fingerprint density at radius 1 is 1.58 bits per heavy atom. The normalized spacial score (nSPS) is 25.7. The minimum atomic E-state index is -3.47. The van der Waals surface area contributed by atoms with E-state index in [1.54, 1.807) is 13.0 Å². The maximum atomic E-state index is 12.6. The molecule has 0 saturated carbocycles. The molecule has 1 saturated heterocycles. The van der Waals surface area contributed by atoms with Crippen molar-refractivity contribution in [2.24, 2.45) is 0 Å². The fraction of sp³-hybridized carbons (Fsp3) is 0.636. The Morgan fingerprint density at radius 3 is 2.79 bits per heavy atom. The van der Waals surface area contributed by atoms with Gasteiger partial charge in [-0.3, -0.25) is 0 Å². The Balaban J connectivity index is 2.28. The second kappa shape index (κ2) is 5.99. The standard InChI is InChI=1S/C11H15BrClNO3S2/c1-7-3-10(18-11(7)13)19(15,16)14-5-8(2)17-9(4-12)6-14/h3,8-9H,4-6H2,1-2H3. The molecule has 2 heterocycles. The maximum Gasteiger partial charge on any atom is 0.252 e. The summed E-state index contributed by atoms with van der Waals surface area (Å²) in [5.41, 5.74) is 0.795. The van der Waals surface area contributed by atoms with Gasteiger partial charge < -0.3 is 4.74 Å². The van der Waals surface area contributed by atoms with Crippen LogP contribution < -0.4 is 0 Å². The third-order valence-corrected chi connectivity index (χ3v) is 7.45. The van der Waals surface area contributed by atoms with E-state index in [-0.39, 0.29) is 12.2 Å². The molecule has 2 rings (SSSR count). The molecule has 1 fully saturated rings. The Kier molecular flexibility index (Phi) is 4.96. The van der Waals surface area contributed by atoms with E-state index >= 15 is 0 Å². The predicted octanol–water partition coefficient (Wildman–Crippen LogP) is 2.88. The Morgan fingerprint density at radius 2 is 2.26 bits per heavy atom. The van der Waals surface area contributed by atoms with Crippen molar-refractivity contribution < 1.29 is 13.2 Å². The van der Waals surface area contributed by atoms with Gasteiger partial charge in [0.2, 0.25) is 0 Å². The molecule has 8 heteroatoms. The summed E-state index contributed by atoms with van der Waals surface area (Å²) in [5, 5.41) is 0.619. The monoisotopic (exact) mass is 387 g/mol. The number of alkyl halides is 1. The van der Waals surface area contributed by atoms with Gasteiger partial charge in [-0.05, 0) is 25.5 Å². The van der Waals surface area contributed by atoms with Crippen LogP contribution in [0.3, 0.4) is 0 Å². The van der Waals surface area contributed by atoms with Crippen LogP contribution in [-0.2, 0) is 14.8 Å². The third kappa shape index (κ3) is 3.33. The van der Waals surface area contributed by atoms with Gasteiger partial charge in [-0.15, -0.1) is 11.3 Å². The van der Waals surface area contributed by atoms with Gasteiger partial charge in [0.25, 0.3) is 10.0 Å². The summed E-state index contributed by atoms with van der Waals surface area (Å²) in [4.78, 5) is 0. The molecule has 1 aliphatic rings. The van der Waals surface area contributed by atoms with Crippen molar-refractivity contribution in [3.05, 3.63) is 16.0 Å². The lowest BCUT2D eigenvalue weighted by atomic mass is 10.3. The molecule has 108 valence electrons. The zero-order valence-corrected chi connectivity index (χ0v) is 14.6. The highest BCUT2D eigenvalue weighted by Gasteiger charge is 2.34. The van der Waals surface area contributed by atoms with Crippen molar-refractivity contribution >= 4 is 48.9 Å². The fourth-order valence-corrected chi connectivity index (χ4v) is 5.74. The number of halogens is 2. The van der Waals surface area contributed by atoms with Crippen LogP contribution in [0.5, 0.6) is 0 Å². The van der Waals surface area contributed by atoms with Crippen LogP contribution in [0.2, 0.25) is 4.34 Å². The Hall–Kier alpha value is 0.340. The van der Waals surface area contributed by atoms with Crippen LogP contribution in [0.25, 0.3) is 0 Å². The average Bonchev–Trinajstić information content (AvgIpc) is 2.69. The van der Waals surface area contributed by atoms with E-state index in [9.17, 15) is 8.42 Å². The number of aryl methyl sites for hydroxylation is 1. The summed E-state index contributed by atoms with van der Waals surface area (Å²) in [6, 6.07) is 1.63. The van der Waals surface area contributed by atoms with E-state index in [2.05, 4.69) is 15.9 Å². The van der Waals surface area contributed by atoms with Gasteiger partial charge in [-0.1, -0.05) is 27.5 Å². The molecule has 0 bridgehead atoms. The SMILES string of the molecule is Cc1cc(S(=O)(=O)N2CC(C)OC(CBr)C2)sc1Cl. The summed E-state index contributed by atoms with van der Waals surface area (Å²) >= 11 is 10.4. The van der Waals surface area contributed by atoms with E-state index in [4.69, 9.17) is 16.3 Å². The van der Waals surface area contributed by atoms with E-state index in [1.807, 2.05) is 6.92 Å². The lowest BCUT2D eigenvalue weighted by Crippen LogP contribution is -2.49. The second-order valence-corrected chi connectivity index (χ2v) is 9.03. The number of ether oxygens (including phenoxy) is 1. The molecule has 0 aromatic carbocycles. The molecule has 19 heavy (non-hydrogen) atoms. The van der Waals surface area contributed by atoms with Gasteiger partial charge in [0.05, 0.1) is 16.5 Å². The number of hydrogen-bond acceptors (Lipinski definition) is 4. The summed E-state index contributed by atoms with van der Waals surface area (Å²) in [6.45, 7) is 4.43. The van der Waals surface area contributed by atoms with Crippen LogP contribution in [0, 0.1) is 6.92 Å². The number of thiophene rings is 1. The van der Waals surface area contributed by atoms with Gasteiger partial charge in [0, 0.05) is 18.4 Å². The molecule has 1 aromatic rings. The van der Waals surface area contributed by atoms with E-state index in [1.165, 1.54) is 4.31 Å². The molecule has 1 aromatic heterocycles. The minimum Gasteiger partial charge on any atom is -0.372 e. The van der Waals surface area contributed by atoms with Crippen molar-refractivity contribution in [2.75, 3.05) is 18.4 Å². The summed E-state index contributed by atoms with van der Waals surface area (Å²) in [5.74, 6) is 0. The topological polar surface area (TPSA) is 46.6 Å². The number of hydrogen-bond donors (Lipinski definition) is 0. The maximum absolute atomic E-state index is 12.6. The molecule has 0 amide bonds. The number of morpholine rings is 1. The Labute approximate surface area is 130 Å². The zero-order chi connectivity index (χ0) is 14.2. The highest BCUT2D eigenvalue weighted by Crippen LogP contribution is 2.33. The smallest absolute Gasteiger partial charge is 0.252 e. The number of rotatable bonds is 3. The molecular formula is C11H15BrClNO3S2. The van der Waals surface area contributed by atoms with Crippen LogP contribution in [-0.4, -0.2) is 43.4 Å². The van der Waals surface area contributed by atoms with Gasteiger partial charge in [0.15, 0.2) is 0 Å². The average molecular weight is 389 g/mol. The van der Waals surface area contributed by atoms with Crippen molar-refractivity contribution in [1.82, 2.24) is 4.31 Å². The first-order chi connectivity index (χ1) is 8.84. The van der Waals surface area contributed by atoms with E-state index in [0.29, 0.717) is 27.0 Å². The first kappa shape index (κ1) is 15.7. The van der Waals surface area contributed by atoms with Gasteiger partial charge in [-0.25, -0.2) is 8.42 Å². The molecule has 0 N–H and O–H groups in total. The van der Waals surface area contributed by atoms with Crippen LogP contribution in [0.4, 0.5) is 0 Å². The fourth-order valence-electron chi connectivity index (χ4n) is 1.97. The number of nitrogens with zero attached hydrogens (tertiary/aromatic N) is 1. The van der Waals surface area contributed by atoms with Crippen molar-refractivity contribution in [2.45, 2.75) is 30.3 Å².